The molecule has 2 heteroatoms. The fraction of sp³-hybridized carbons (Fsp3) is 1.00. The van der Waals surface area contributed by atoms with Gasteiger partial charge in [-0.1, -0.05) is 13.8 Å². The van der Waals surface area contributed by atoms with Crippen molar-refractivity contribution in [1.29, 1.82) is 0 Å². The number of likely N-dealkylation sites (N-methyl/N-ethyl adjacent to an activating group) is 2. The van der Waals surface area contributed by atoms with E-state index in [0.29, 0.717) is 18.1 Å². The average molecular weight is 214 g/mol. The Bertz CT molecular complexity index is 155. The molecular formula is C13H30N2. The molecule has 92 valence electrons. The molecular weight excluding hydrogens is 184 g/mol. The first-order valence-corrected chi connectivity index (χ1v) is 6.43. The molecule has 0 radical (unpaired) electrons. The normalized spacial score (nSPS) is 14.6. The molecule has 15 heavy (non-hydrogen) atoms. The van der Waals surface area contributed by atoms with Crippen LogP contribution in [0.15, 0.2) is 0 Å². The molecule has 0 aromatic rings. The number of rotatable bonds is 7. The molecule has 0 aliphatic carbocycles. The summed E-state index contributed by atoms with van der Waals surface area (Å²) in [5, 5.41) is 0. The van der Waals surface area contributed by atoms with Crippen molar-refractivity contribution in [2.75, 3.05) is 19.6 Å². The zero-order chi connectivity index (χ0) is 12.0. The second-order valence-electron chi connectivity index (χ2n) is 4.95. The fourth-order valence-corrected chi connectivity index (χ4v) is 2.34. The first-order chi connectivity index (χ1) is 6.93. The van der Waals surface area contributed by atoms with Gasteiger partial charge in [0.05, 0.1) is 0 Å². The van der Waals surface area contributed by atoms with Crippen LogP contribution in [0.3, 0.4) is 0 Å². The van der Waals surface area contributed by atoms with E-state index in [2.05, 4.69) is 58.3 Å². The Morgan fingerprint density at radius 3 is 1.60 bits per heavy atom. The van der Waals surface area contributed by atoms with Gasteiger partial charge in [-0.05, 0) is 47.7 Å². The van der Waals surface area contributed by atoms with Crippen molar-refractivity contribution < 1.29 is 0 Å². The van der Waals surface area contributed by atoms with Crippen molar-refractivity contribution in [3.8, 4) is 0 Å². The number of nitrogens with zero attached hydrogens (tertiary/aromatic N) is 2. The lowest BCUT2D eigenvalue weighted by atomic mass is 10.2. The van der Waals surface area contributed by atoms with E-state index in [1.807, 2.05) is 0 Å². The fourth-order valence-electron chi connectivity index (χ4n) is 2.34. The minimum absolute atomic E-state index is 0.649. The molecule has 2 nitrogen and oxygen atoms in total. The van der Waals surface area contributed by atoms with E-state index in [-0.39, 0.29) is 0 Å². The van der Waals surface area contributed by atoms with E-state index >= 15 is 0 Å². The van der Waals surface area contributed by atoms with E-state index in [9.17, 15) is 0 Å². The van der Waals surface area contributed by atoms with Crippen LogP contribution in [-0.4, -0.2) is 47.6 Å². The van der Waals surface area contributed by atoms with E-state index in [1.54, 1.807) is 0 Å². The Morgan fingerprint density at radius 2 is 1.33 bits per heavy atom. The molecule has 0 spiro atoms. The van der Waals surface area contributed by atoms with Gasteiger partial charge in [-0.3, -0.25) is 9.80 Å². The van der Waals surface area contributed by atoms with Gasteiger partial charge >= 0.3 is 0 Å². The Morgan fingerprint density at radius 1 is 0.800 bits per heavy atom. The molecule has 0 aliphatic rings. The van der Waals surface area contributed by atoms with Gasteiger partial charge in [0, 0.05) is 24.7 Å². The van der Waals surface area contributed by atoms with Gasteiger partial charge in [-0.2, -0.15) is 0 Å². The Kier molecular flexibility index (Phi) is 7.20. The molecule has 0 N–H and O–H groups in total. The average Bonchev–Trinajstić information content (AvgIpc) is 2.14. The predicted octanol–water partition coefficient (Wildman–Crippen LogP) is 2.84. The molecule has 1 atom stereocenters. The van der Waals surface area contributed by atoms with E-state index in [0.717, 1.165) is 13.1 Å². The molecule has 0 rings (SSSR count). The molecule has 0 aliphatic heterocycles. The van der Waals surface area contributed by atoms with Crippen LogP contribution in [0.5, 0.6) is 0 Å². The first-order valence-electron chi connectivity index (χ1n) is 6.43. The maximum atomic E-state index is 2.56. The Labute approximate surface area is 96.6 Å². The monoisotopic (exact) mass is 214 g/mol. The van der Waals surface area contributed by atoms with Gasteiger partial charge in [0.25, 0.3) is 0 Å². The quantitative estimate of drug-likeness (QED) is 0.643. The number of hydrogen-bond acceptors (Lipinski definition) is 2. The highest BCUT2D eigenvalue weighted by Gasteiger charge is 2.18. The highest BCUT2D eigenvalue weighted by atomic mass is 15.2. The third-order valence-corrected chi connectivity index (χ3v) is 3.23. The topological polar surface area (TPSA) is 6.48 Å². The first kappa shape index (κ1) is 14.9. The summed E-state index contributed by atoms with van der Waals surface area (Å²) in [6.07, 6.45) is 0. The molecule has 0 fully saturated rings. The molecule has 0 saturated carbocycles. The smallest absolute Gasteiger partial charge is 0.0197 e. The van der Waals surface area contributed by atoms with Crippen molar-refractivity contribution in [3.63, 3.8) is 0 Å². The molecule has 0 bridgehead atoms. The van der Waals surface area contributed by atoms with Crippen molar-refractivity contribution in [3.05, 3.63) is 0 Å². The van der Waals surface area contributed by atoms with Crippen LogP contribution in [0.4, 0.5) is 0 Å². The van der Waals surface area contributed by atoms with Gasteiger partial charge < -0.3 is 0 Å². The molecule has 0 heterocycles. The number of hydrogen-bond donors (Lipinski definition) is 0. The Balaban J connectivity index is 4.24. The van der Waals surface area contributed by atoms with Crippen molar-refractivity contribution in [2.45, 2.75) is 66.6 Å². The van der Waals surface area contributed by atoms with Gasteiger partial charge in [0.15, 0.2) is 0 Å². The van der Waals surface area contributed by atoms with E-state index in [4.69, 9.17) is 0 Å². The van der Waals surface area contributed by atoms with Gasteiger partial charge in [-0.25, -0.2) is 0 Å². The minimum Gasteiger partial charge on any atom is -0.300 e. The zero-order valence-electron chi connectivity index (χ0n) is 11.7. The third-order valence-electron chi connectivity index (χ3n) is 3.23. The molecule has 0 saturated heterocycles. The van der Waals surface area contributed by atoms with Crippen LogP contribution < -0.4 is 0 Å². The summed E-state index contributed by atoms with van der Waals surface area (Å²) in [4.78, 5) is 5.10. The van der Waals surface area contributed by atoms with Crippen LogP contribution in [0.1, 0.15) is 48.5 Å². The SMILES string of the molecule is CCN(CC(C)N(CC)C(C)C)C(C)C. The summed E-state index contributed by atoms with van der Waals surface area (Å²) in [5.41, 5.74) is 0. The largest absolute Gasteiger partial charge is 0.300 e. The predicted molar refractivity (Wildman–Crippen MR) is 69.4 cm³/mol. The van der Waals surface area contributed by atoms with Gasteiger partial charge in [0.2, 0.25) is 0 Å². The third kappa shape index (κ3) is 4.98. The van der Waals surface area contributed by atoms with Gasteiger partial charge in [0.1, 0.15) is 0 Å². The van der Waals surface area contributed by atoms with Crippen LogP contribution >= 0.6 is 0 Å². The Hall–Kier alpha value is -0.0800. The lowest BCUT2D eigenvalue weighted by Crippen LogP contribution is -2.47. The van der Waals surface area contributed by atoms with Crippen LogP contribution in [0.25, 0.3) is 0 Å². The van der Waals surface area contributed by atoms with Crippen molar-refractivity contribution in [1.82, 2.24) is 9.80 Å². The highest BCUT2D eigenvalue weighted by Crippen LogP contribution is 2.08. The van der Waals surface area contributed by atoms with E-state index in [1.165, 1.54) is 6.54 Å². The summed E-state index contributed by atoms with van der Waals surface area (Å²) in [6.45, 7) is 19.4. The molecule has 0 aromatic carbocycles. The lowest BCUT2D eigenvalue weighted by Gasteiger charge is -2.36. The van der Waals surface area contributed by atoms with Crippen molar-refractivity contribution >= 4 is 0 Å². The highest BCUT2D eigenvalue weighted by molar-refractivity contribution is 4.74. The van der Waals surface area contributed by atoms with Crippen LogP contribution in [0, 0.1) is 0 Å². The lowest BCUT2D eigenvalue weighted by molar-refractivity contribution is 0.113. The zero-order valence-corrected chi connectivity index (χ0v) is 11.7. The molecule has 0 amide bonds. The summed E-state index contributed by atoms with van der Waals surface area (Å²) in [6, 6.07) is 1.96. The van der Waals surface area contributed by atoms with Crippen LogP contribution in [0.2, 0.25) is 0 Å². The summed E-state index contributed by atoms with van der Waals surface area (Å²) < 4.78 is 0. The summed E-state index contributed by atoms with van der Waals surface area (Å²) in [7, 11) is 0. The summed E-state index contributed by atoms with van der Waals surface area (Å²) in [5.74, 6) is 0. The van der Waals surface area contributed by atoms with Crippen molar-refractivity contribution in [2.24, 2.45) is 0 Å². The maximum absolute atomic E-state index is 2.56. The molecule has 1 unspecified atom stereocenters. The summed E-state index contributed by atoms with van der Waals surface area (Å²) >= 11 is 0. The second-order valence-corrected chi connectivity index (χ2v) is 4.95. The van der Waals surface area contributed by atoms with E-state index < -0.39 is 0 Å². The minimum atomic E-state index is 0.649. The second kappa shape index (κ2) is 7.24. The maximum Gasteiger partial charge on any atom is 0.0197 e. The molecule has 0 aromatic heterocycles. The van der Waals surface area contributed by atoms with Gasteiger partial charge in [-0.15, -0.1) is 0 Å². The standard InChI is InChI=1S/C13H30N2/c1-8-14(11(3)4)10-13(7)15(9-2)12(5)6/h11-13H,8-10H2,1-7H3. The van der Waals surface area contributed by atoms with Crippen LogP contribution in [-0.2, 0) is 0 Å².